The topological polar surface area (TPSA) is 60.0 Å². The highest BCUT2D eigenvalue weighted by atomic mass is 32.1. The molecule has 0 saturated heterocycles. The Morgan fingerprint density at radius 3 is 2.76 bits per heavy atom. The number of nitrogens with zero attached hydrogens (tertiary/aromatic N) is 2. The molecule has 29 heavy (non-hydrogen) atoms. The van der Waals surface area contributed by atoms with Gasteiger partial charge in [-0.25, -0.2) is 4.98 Å². The van der Waals surface area contributed by atoms with Crippen LogP contribution in [0.4, 0.5) is 5.13 Å². The van der Waals surface area contributed by atoms with Gasteiger partial charge in [-0.1, -0.05) is 35.6 Å². The minimum Gasteiger partial charge on any atom is -0.494 e. The van der Waals surface area contributed by atoms with Gasteiger partial charge < -0.3 is 14.1 Å². The lowest BCUT2D eigenvalue weighted by Gasteiger charge is -2.19. The maximum Gasteiger partial charge on any atom is 0.296 e. The number of para-hydroxylation sites is 1. The van der Waals surface area contributed by atoms with Crippen LogP contribution in [0.25, 0.3) is 21.2 Å². The number of carbonyl (C=O) groups is 1. The molecule has 0 bridgehead atoms. The summed E-state index contributed by atoms with van der Waals surface area (Å²) in [6.07, 6.45) is 0. The van der Waals surface area contributed by atoms with Crippen molar-refractivity contribution >= 4 is 43.6 Å². The molecule has 0 atom stereocenters. The number of thiazole rings is 1. The number of hydrogen-bond acceptors (Lipinski definition) is 5. The predicted octanol–water partition coefficient (Wildman–Crippen LogP) is 3.15. The molecule has 0 radical (unpaired) electrons. The fourth-order valence-electron chi connectivity index (χ4n) is 3.22. The molecule has 7 heteroatoms. The maximum absolute atomic E-state index is 13.4. The van der Waals surface area contributed by atoms with Crippen LogP contribution in [0.1, 0.15) is 16.1 Å². The number of likely N-dealkylation sites (N-methyl/N-ethyl adjacent to an activating group) is 1. The summed E-state index contributed by atoms with van der Waals surface area (Å²) in [6, 6.07) is 13.4. The number of fused-ring (bicyclic) bond motifs is 2. The van der Waals surface area contributed by atoms with Gasteiger partial charge in [0.25, 0.3) is 5.91 Å². The number of quaternary nitrogens is 1. The number of aromatic nitrogens is 1. The Hall–Kier alpha value is -2.90. The average molecular weight is 411 g/mol. The average Bonchev–Trinajstić information content (AvgIpc) is 3.33. The molecule has 2 aromatic heterocycles. The molecular formula is C22H24N3O3S+. The molecule has 1 N–H and O–H groups in total. The van der Waals surface area contributed by atoms with Crippen LogP contribution < -0.4 is 14.5 Å². The third kappa shape index (κ3) is 3.71. The Labute approximate surface area is 173 Å². The number of ether oxygens (including phenoxy) is 1. The summed E-state index contributed by atoms with van der Waals surface area (Å²) in [4.78, 5) is 21.1. The number of aryl methyl sites for hydroxylation is 1. The molecule has 0 aliphatic carbocycles. The predicted molar refractivity (Wildman–Crippen MR) is 116 cm³/mol. The number of rotatable bonds is 6. The van der Waals surface area contributed by atoms with Crippen LogP contribution in [0.15, 0.2) is 46.9 Å². The van der Waals surface area contributed by atoms with Crippen molar-refractivity contribution < 1.29 is 18.8 Å². The zero-order valence-electron chi connectivity index (χ0n) is 17.0. The first kappa shape index (κ1) is 19.4. The second-order valence-electron chi connectivity index (χ2n) is 7.32. The van der Waals surface area contributed by atoms with E-state index in [1.165, 1.54) is 16.2 Å². The Morgan fingerprint density at radius 2 is 2.03 bits per heavy atom. The molecule has 0 spiro atoms. The van der Waals surface area contributed by atoms with Gasteiger partial charge in [-0.2, -0.15) is 0 Å². The number of nitrogens with one attached hydrogen (secondary N) is 1. The van der Waals surface area contributed by atoms with Crippen molar-refractivity contribution in [1.29, 1.82) is 0 Å². The number of amides is 1. The summed E-state index contributed by atoms with van der Waals surface area (Å²) < 4.78 is 12.3. The second kappa shape index (κ2) is 7.85. The first-order valence-electron chi connectivity index (χ1n) is 9.51. The van der Waals surface area contributed by atoms with E-state index in [9.17, 15) is 4.79 Å². The number of benzene rings is 2. The Bertz CT molecular complexity index is 1150. The van der Waals surface area contributed by atoms with Crippen molar-refractivity contribution in [2.24, 2.45) is 0 Å². The molecular weight excluding hydrogens is 386 g/mol. The molecule has 6 nitrogen and oxygen atoms in total. The van der Waals surface area contributed by atoms with Gasteiger partial charge >= 0.3 is 0 Å². The molecule has 0 aliphatic heterocycles. The molecule has 0 saturated carbocycles. The minimum absolute atomic E-state index is 0.182. The largest absolute Gasteiger partial charge is 0.494 e. The Kier molecular flexibility index (Phi) is 5.25. The summed E-state index contributed by atoms with van der Waals surface area (Å²) in [5.74, 6) is 0.850. The highest BCUT2D eigenvalue weighted by Crippen LogP contribution is 2.37. The van der Waals surface area contributed by atoms with Crippen molar-refractivity contribution in [3.05, 3.63) is 53.8 Å². The Morgan fingerprint density at radius 1 is 1.24 bits per heavy atom. The van der Waals surface area contributed by atoms with E-state index < -0.39 is 0 Å². The van der Waals surface area contributed by atoms with E-state index in [0.29, 0.717) is 28.8 Å². The van der Waals surface area contributed by atoms with Crippen LogP contribution >= 0.6 is 11.3 Å². The molecule has 0 unspecified atom stereocenters. The van der Waals surface area contributed by atoms with Crippen LogP contribution in [-0.4, -0.2) is 45.2 Å². The molecule has 2 heterocycles. The van der Waals surface area contributed by atoms with Crippen molar-refractivity contribution in [3.8, 4) is 5.75 Å². The molecule has 4 aromatic rings. The second-order valence-corrected chi connectivity index (χ2v) is 8.30. The molecule has 2 aromatic carbocycles. The molecule has 0 fully saturated rings. The van der Waals surface area contributed by atoms with E-state index in [-0.39, 0.29) is 5.91 Å². The fraction of sp³-hybridized carbons (Fsp3) is 0.273. The third-order valence-corrected chi connectivity index (χ3v) is 6.07. The fourth-order valence-corrected chi connectivity index (χ4v) is 4.29. The van der Waals surface area contributed by atoms with E-state index in [1.54, 1.807) is 18.1 Å². The smallest absolute Gasteiger partial charge is 0.296 e. The zero-order valence-corrected chi connectivity index (χ0v) is 17.8. The highest BCUT2D eigenvalue weighted by Gasteiger charge is 2.26. The Balaban J connectivity index is 1.78. The van der Waals surface area contributed by atoms with Crippen LogP contribution in [-0.2, 0) is 0 Å². The zero-order chi connectivity index (χ0) is 20.5. The van der Waals surface area contributed by atoms with E-state index in [0.717, 1.165) is 27.7 Å². The standard InChI is InChI=1S/C22H23N3O3S/c1-14-9-10-17(27-4)19-20(14)29-22(23-19)25(12-11-24(2)3)21(26)18-13-15-7-5-6-8-16(15)28-18/h5-10,13H,11-12H2,1-4H3/p+1. The number of furan rings is 1. The van der Waals surface area contributed by atoms with Crippen LogP contribution in [0.3, 0.4) is 0 Å². The summed E-state index contributed by atoms with van der Waals surface area (Å²) in [7, 11) is 5.76. The lowest BCUT2D eigenvalue weighted by atomic mass is 10.2. The van der Waals surface area contributed by atoms with Crippen LogP contribution in [0.5, 0.6) is 5.75 Å². The third-order valence-electron chi connectivity index (χ3n) is 4.86. The van der Waals surface area contributed by atoms with Gasteiger partial charge in [0.2, 0.25) is 0 Å². The van der Waals surface area contributed by atoms with E-state index in [1.807, 2.05) is 43.3 Å². The summed E-state index contributed by atoms with van der Waals surface area (Å²) in [5, 5.41) is 1.56. The first-order chi connectivity index (χ1) is 14.0. The van der Waals surface area contributed by atoms with Gasteiger partial charge in [-0.15, -0.1) is 0 Å². The van der Waals surface area contributed by atoms with E-state index in [2.05, 4.69) is 14.1 Å². The first-order valence-corrected chi connectivity index (χ1v) is 10.3. The van der Waals surface area contributed by atoms with Gasteiger partial charge in [-0.3, -0.25) is 9.69 Å². The molecule has 1 amide bonds. The summed E-state index contributed by atoms with van der Waals surface area (Å²) >= 11 is 1.51. The maximum atomic E-state index is 13.4. The van der Waals surface area contributed by atoms with Crippen molar-refractivity contribution in [3.63, 3.8) is 0 Å². The normalized spacial score (nSPS) is 11.5. The van der Waals surface area contributed by atoms with Gasteiger partial charge in [-0.05, 0) is 30.7 Å². The number of anilines is 1. The van der Waals surface area contributed by atoms with Crippen LogP contribution in [0, 0.1) is 6.92 Å². The quantitative estimate of drug-likeness (QED) is 0.531. The van der Waals surface area contributed by atoms with Gasteiger partial charge in [0.15, 0.2) is 10.9 Å². The van der Waals surface area contributed by atoms with E-state index in [4.69, 9.17) is 14.1 Å². The lowest BCUT2D eigenvalue weighted by molar-refractivity contribution is -0.856. The number of methoxy groups -OCH3 is 1. The van der Waals surface area contributed by atoms with Crippen molar-refractivity contribution in [1.82, 2.24) is 4.98 Å². The molecule has 4 rings (SSSR count). The minimum atomic E-state index is -0.182. The van der Waals surface area contributed by atoms with Crippen LogP contribution in [0.2, 0.25) is 0 Å². The van der Waals surface area contributed by atoms with Gasteiger partial charge in [0, 0.05) is 5.39 Å². The highest BCUT2D eigenvalue weighted by molar-refractivity contribution is 7.22. The summed E-state index contributed by atoms with van der Waals surface area (Å²) in [6.45, 7) is 3.37. The van der Waals surface area contributed by atoms with Crippen molar-refractivity contribution in [2.45, 2.75) is 6.92 Å². The van der Waals surface area contributed by atoms with Gasteiger partial charge in [0.1, 0.15) is 16.8 Å². The molecule has 0 aliphatic rings. The molecule has 150 valence electrons. The van der Waals surface area contributed by atoms with Crippen molar-refractivity contribution in [2.75, 3.05) is 39.2 Å². The number of carbonyl (C=O) groups excluding carboxylic acids is 1. The number of hydrogen-bond donors (Lipinski definition) is 1. The SMILES string of the molecule is COc1ccc(C)c2sc(N(CC[NH+](C)C)C(=O)c3cc4ccccc4o3)nc12. The monoisotopic (exact) mass is 410 g/mol. The lowest BCUT2D eigenvalue weighted by Crippen LogP contribution is -3.06. The summed E-state index contributed by atoms with van der Waals surface area (Å²) in [5.41, 5.74) is 2.60. The van der Waals surface area contributed by atoms with E-state index >= 15 is 0 Å². The van der Waals surface area contributed by atoms with Gasteiger partial charge in [0.05, 0.1) is 39.0 Å².